The monoisotopic (exact) mass is 514 g/mol. The molecule has 1 amide bonds. The van der Waals surface area contributed by atoms with Crippen LogP contribution in [-0.2, 0) is 14.6 Å². The van der Waals surface area contributed by atoms with Gasteiger partial charge in [-0.05, 0) is 35.9 Å². The van der Waals surface area contributed by atoms with Crippen LogP contribution < -0.4 is 14.2 Å². The molecule has 12 heteroatoms. The minimum atomic E-state index is -3.69. The molecule has 4 rings (SSSR count). The summed E-state index contributed by atoms with van der Waals surface area (Å²) >= 11 is 0.766. The molecule has 0 fully saturated rings. The second-order valence-corrected chi connectivity index (χ2v) is 10.1. The van der Waals surface area contributed by atoms with Crippen molar-refractivity contribution in [1.82, 2.24) is 4.90 Å². The number of hydrogen-bond donors (Lipinski definition) is 1. The molecule has 1 N–H and O–H groups in total. The average molecular weight is 515 g/mol. The molecule has 2 heterocycles. The molecule has 0 aromatic heterocycles. The summed E-state index contributed by atoms with van der Waals surface area (Å²) in [5.74, 6) is 0.773. The van der Waals surface area contributed by atoms with Crippen molar-refractivity contribution in [3.05, 3.63) is 59.7 Å². The topological polar surface area (TPSA) is 131 Å². The first-order chi connectivity index (χ1) is 16.8. The maximum atomic E-state index is 12.5. The van der Waals surface area contributed by atoms with Crippen molar-refractivity contribution >= 4 is 49.9 Å². The van der Waals surface area contributed by atoms with E-state index in [4.69, 9.17) is 19.6 Å². The first-order valence-corrected chi connectivity index (χ1v) is 13.0. The predicted molar refractivity (Wildman–Crippen MR) is 135 cm³/mol. The molecule has 0 radical (unpaired) electrons. The lowest BCUT2D eigenvalue weighted by atomic mass is 10.1. The zero-order valence-electron chi connectivity index (χ0n) is 18.9. The van der Waals surface area contributed by atoms with Gasteiger partial charge in [0.05, 0.1) is 30.4 Å². The van der Waals surface area contributed by atoms with E-state index < -0.39 is 15.7 Å². The van der Waals surface area contributed by atoms with Crippen LogP contribution in [0.3, 0.4) is 0 Å². The number of aliphatic imine (C=N–C) groups is 1. The molecule has 2 aromatic rings. The third-order valence-electron chi connectivity index (χ3n) is 5.02. The SMILES string of the molecule is CCS(=O)(=O)C1=NSC2=NC(=O)/C(=C\c3ccc(OCCOc4ccccc4OC)cc3)C(=N)N21. The highest BCUT2D eigenvalue weighted by Gasteiger charge is 2.42. The maximum absolute atomic E-state index is 12.5. The standard InChI is InChI=1S/C23H22N4O6S2/c1-3-35(29,30)23-26-34-22-25-21(28)17(20(24)27(22)23)14-15-8-10-16(11-9-15)32-12-13-33-19-7-5-4-6-18(19)31-2/h4-11,14,24H,3,12-13H2,1-2H3/b17-14-,24-20?. The summed E-state index contributed by atoms with van der Waals surface area (Å²) < 4.78 is 45.2. The number of rotatable bonds is 8. The number of amides is 1. The number of nitrogens with one attached hydrogen (secondary N) is 1. The Labute approximate surface area is 206 Å². The molecule has 0 spiro atoms. The van der Waals surface area contributed by atoms with E-state index in [0.717, 1.165) is 16.8 Å². The number of carbonyl (C=O) groups excluding carboxylic acids is 1. The summed E-state index contributed by atoms with van der Waals surface area (Å²) in [5.41, 5.74) is 0.590. The van der Waals surface area contributed by atoms with Gasteiger partial charge in [0.2, 0.25) is 20.2 Å². The first kappa shape index (κ1) is 24.5. The fourth-order valence-corrected chi connectivity index (χ4v) is 5.17. The van der Waals surface area contributed by atoms with Crippen molar-refractivity contribution < 1.29 is 27.4 Å². The lowest BCUT2D eigenvalue weighted by Crippen LogP contribution is -2.45. The zero-order chi connectivity index (χ0) is 25.0. The summed E-state index contributed by atoms with van der Waals surface area (Å²) in [7, 11) is -2.12. The van der Waals surface area contributed by atoms with Gasteiger partial charge >= 0.3 is 0 Å². The largest absolute Gasteiger partial charge is 0.493 e. The van der Waals surface area contributed by atoms with Crippen molar-refractivity contribution in [2.75, 3.05) is 26.1 Å². The fraction of sp³-hybridized carbons (Fsp3) is 0.217. The van der Waals surface area contributed by atoms with E-state index in [-0.39, 0.29) is 27.5 Å². The molecule has 10 nitrogen and oxygen atoms in total. The molecule has 182 valence electrons. The van der Waals surface area contributed by atoms with Crippen LogP contribution in [0, 0.1) is 5.41 Å². The van der Waals surface area contributed by atoms with Crippen LogP contribution in [0.2, 0.25) is 0 Å². The smallest absolute Gasteiger partial charge is 0.283 e. The third-order valence-corrected chi connectivity index (χ3v) is 7.43. The highest BCUT2D eigenvalue weighted by Crippen LogP contribution is 2.30. The summed E-state index contributed by atoms with van der Waals surface area (Å²) in [6.45, 7) is 2.11. The van der Waals surface area contributed by atoms with Gasteiger partial charge < -0.3 is 14.2 Å². The molecule has 0 aliphatic carbocycles. The zero-order valence-corrected chi connectivity index (χ0v) is 20.6. The van der Waals surface area contributed by atoms with Gasteiger partial charge in [0.1, 0.15) is 24.8 Å². The van der Waals surface area contributed by atoms with Gasteiger partial charge in [-0.2, -0.15) is 9.39 Å². The molecule has 0 unspecified atom stereocenters. The Bertz CT molecular complexity index is 1350. The van der Waals surface area contributed by atoms with Crippen LogP contribution in [0.1, 0.15) is 12.5 Å². The molecule has 0 bridgehead atoms. The minimum Gasteiger partial charge on any atom is -0.493 e. The average Bonchev–Trinajstić information content (AvgIpc) is 3.30. The number of sulfone groups is 1. The van der Waals surface area contributed by atoms with Crippen molar-refractivity contribution in [3.63, 3.8) is 0 Å². The van der Waals surface area contributed by atoms with E-state index in [1.54, 1.807) is 31.4 Å². The number of para-hydroxylation sites is 2. The summed E-state index contributed by atoms with van der Waals surface area (Å²) in [5, 5.41) is 8.22. The van der Waals surface area contributed by atoms with E-state index in [1.807, 2.05) is 24.3 Å². The van der Waals surface area contributed by atoms with Crippen LogP contribution >= 0.6 is 11.9 Å². The van der Waals surface area contributed by atoms with Crippen LogP contribution in [-0.4, -0.2) is 61.5 Å². The summed E-state index contributed by atoms with van der Waals surface area (Å²) in [6.07, 6.45) is 1.48. The molecule has 0 saturated carbocycles. The van der Waals surface area contributed by atoms with Crippen LogP contribution in [0.15, 0.2) is 63.5 Å². The number of carbonyl (C=O) groups is 1. The maximum Gasteiger partial charge on any atom is 0.283 e. The normalized spacial score (nSPS) is 16.6. The Hall–Kier alpha value is -3.64. The van der Waals surface area contributed by atoms with Gasteiger partial charge in [-0.15, -0.1) is 0 Å². The minimum absolute atomic E-state index is 0.0332. The summed E-state index contributed by atoms with van der Waals surface area (Å²) in [6, 6.07) is 14.2. The van der Waals surface area contributed by atoms with Gasteiger partial charge in [0.15, 0.2) is 11.5 Å². The van der Waals surface area contributed by atoms with Gasteiger partial charge in [0, 0.05) is 0 Å². The highest BCUT2D eigenvalue weighted by molar-refractivity contribution is 8.16. The van der Waals surface area contributed by atoms with Gasteiger partial charge in [-0.25, -0.2) is 13.3 Å². The number of hydrogen-bond acceptors (Lipinski definition) is 9. The quantitative estimate of drug-likeness (QED) is 0.323. The number of fused-ring (bicyclic) bond motifs is 1. The Morgan fingerprint density at radius 3 is 2.43 bits per heavy atom. The van der Waals surface area contributed by atoms with Crippen molar-refractivity contribution in [2.45, 2.75) is 6.92 Å². The highest BCUT2D eigenvalue weighted by atomic mass is 32.2. The lowest BCUT2D eigenvalue weighted by Gasteiger charge is -2.24. The van der Waals surface area contributed by atoms with E-state index in [2.05, 4.69) is 9.39 Å². The van der Waals surface area contributed by atoms with Gasteiger partial charge in [-0.3, -0.25) is 10.2 Å². The van der Waals surface area contributed by atoms with Crippen molar-refractivity contribution in [3.8, 4) is 17.2 Å². The second kappa shape index (κ2) is 10.3. The van der Waals surface area contributed by atoms with E-state index in [1.165, 1.54) is 13.0 Å². The molecule has 2 aromatic carbocycles. The summed E-state index contributed by atoms with van der Waals surface area (Å²) in [4.78, 5) is 17.5. The predicted octanol–water partition coefficient (Wildman–Crippen LogP) is 3.16. The van der Waals surface area contributed by atoms with E-state index >= 15 is 0 Å². The number of amidine groups is 3. The number of benzene rings is 2. The third kappa shape index (κ3) is 5.23. The van der Waals surface area contributed by atoms with Crippen LogP contribution in [0.4, 0.5) is 0 Å². The van der Waals surface area contributed by atoms with Crippen molar-refractivity contribution in [2.24, 2.45) is 9.39 Å². The Balaban J connectivity index is 1.41. The van der Waals surface area contributed by atoms with Gasteiger partial charge in [-0.1, -0.05) is 31.2 Å². The number of ether oxygens (including phenoxy) is 3. The van der Waals surface area contributed by atoms with Crippen LogP contribution in [0.25, 0.3) is 6.08 Å². The van der Waals surface area contributed by atoms with Gasteiger partial charge in [0.25, 0.3) is 5.91 Å². The fourth-order valence-electron chi connectivity index (χ4n) is 3.21. The lowest BCUT2D eigenvalue weighted by molar-refractivity contribution is -0.114. The molecular weight excluding hydrogens is 492 g/mol. The molecular formula is C23H22N4O6S2. The van der Waals surface area contributed by atoms with E-state index in [0.29, 0.717) is 36.0 Å². The van der Waals surface area contributed by atoms with Crippen LogP contribution in [0.5, 0.6) is 17.2 Å². The Morgan fingerprint density at radius 1 is 1.06 bits per heavy atom. The van der Waals surface area contributed by atoms with E-state index in [9.17, 15) is 13.2 Å². The number of methoxy groups -OCH3 is 1. The Morgan fingerprint density at radius 2 is 1.74 bits per heavy atom. The molecule has 0 atom stereocenters. The first-order valence-electron chi connectivity index (χ1n) is 10.5. The molecule has 2 aliphatic rings. The Kier molecular flexibility index (Phi) is 7.22. The molecule has 35 heavy (non-hydrogen) atoms. The molecule has 2 aliphatic heterocycles. The number of nitrogens with zero attached hydrogens (tertiary/aromatic N) is 3. The van der Waals surface area contributed by atoms with Crippen molar-refractivity contribution in [1.29, 1.82) is 5.41 Å². The molecule has 0 saturated heterocycles. The second-order valence-electron chi connectivity index (χ2n) is 7.23.